The average Bonchev–Trinajstić information content (AvgIpc) is 2.80. The van der Waals surface area contributed by atoms with E-state index in [1.165, 1.54) is 6.42 Å². The molecular weight excluding hydrogens is 234 g/mol. The van der Waals surface area contributed by atoms with Crippen LogP contribution in [0.3, 0.4) is 0 Å². The number of nitrogens with one attached hydrogen (secondary N) is 1. The Bertz CT molecular complexity index is 288. The molecule has 17 heavy (non-hydrogen) atoms. The quantitative estimate of drug-likeness (QED) is 0.776. The monoisotopic (exact) mass is 257 g/mol. The van der Waals surface area contributed by atoms with Crippen LogP contribution in [0.5, 0.6) is 0 Å². The van der Waals surface area contributed by atoms with Crippen molar-refractivity contribution in [2.45, 2.75) is 57.1 Å². The molecule has 0 spiro atoms. The Labute approximate surface area is 108 Å². The third-order valence-electron chi connectivity index (χ3n) is 2.87. The number of hydrogen-bond acceptors (Lipinski definition) is 5. The van der Waals surface area contributed by atoms with Gasteiger partial charge in [0.25, 0.3) is 0 Å². The first-order valence-corrected chi connectivity index (χ1v) is 7.30. The third kappa shape index (κ3) is 5.55. The van der Waals surface area contributed by atoms with Crippen LogP contribution in [0, 0.1) is 0 Å². The summed E-state index contributed by atoms with van der Waals surface area (Å²) in [5.74, 6) is 2.43. The van der Waals surface area contributed by atoms with E-state index in [4.69, 9.17) is 4.52 Å². The highest BCUT2D eigenvalue weighted by atomic mass is 32.2. The number of hydrogen-bond donors (Lipinski definition) is 1. The molecule has 0 aromatic carbocycles. The fourth-order valence-corrected chi connectivity index (χ4v) is 2.06. The Morgan fingerprint density at radius 1 is 1.41 bits per heavy atom. The van der Waals surface area contributed by atoms with Crippen LogP contribution in [0.4, 0.5) is 0 Å². The number of aromatic nitrogens is 2. The van der Waals surface area contributed by atoms with Crippen LogP contribution < -0.4 is 5.32 Å². The van der Waals surface area contributed by atoms with Gasteiger partial charge in [-0.15, -0.1) is 0 Å². The second-order valence-corrected chi connectivity index (χ2v) is 5.79. The highest BCUT2D eigenvalue weighted by Gasteiger charge is 2.09. The highest BCUT2D eigenvalue weighted by molar-refractivity contribution is 7.99. The molecule has 0 aliphatic heterocycles. The van der Waals surface area contributed by atoms with Crippen LogP contribution in [0.15, 0.2) is 4.52 Å². The summed E-state index contributed by atoms with van der Waals surface area (Å²) >= 11 is 1.87. The van der Waals surface area contributed by atoms with Gasteiger partial charge in [-0.05, 0) is 26.8 Å². The SMILES string of the molecule is CCC(C)SCc1noc(CCC(C)NC)n1. The van der Waals surface area contributed by atoms with Crippen molar-refractivity contribution < 1.29 is 4.52 Å². The zero-order valence-electron chi connectivity index (χ0n) is 11.2. The molecule has 1 aromatic heterocycles. The highest BCUT2D eigenvalue weighted by Crippen LogP contribution is 2.18. The van der Waals surface area contributed by atoms with Gasteiger partial charge in [0.2, 0.25) is 5.89 Å². The van der Waals surface area contributed by atoms with Gasteiger partial charge in [-0.2, -0.15) is 16.7 Å². The second kappa shape index (κ2) is 7.71. The van der Waals surface area contributed by atoms with Gasteiger partial charge in [0.1, 0.15) is 0 Å². The molecule has 0 fully saturated rings. The van der Waals surface area contributed by atoms with Gasteiger partial charge in [0, 0.05) is 17.7 Å². The van der Waals surface area contributed by atoms with Gasteiger partial charge in [-0.3, -0.25) is 0 Å². The molecule has 0 aliphatic carbocycles. The average molecular weight is 257 g/mol. The number of aryl methyl sites for hydroxylation is 1. The maximum Gasteiger partial charge on any atom is 0.226 e. The number of rotatable bonds is 8. The van der Waals surface area contributed by atoms with E-state index in [-0.39, 0.29) is 0 Å². The molecule has 0 saturated carbocycles. The molecule has 2 unspecified atom stereocenters. The number of thioether (sulfide) groups is 1. The summed E-state index contributed by atoms with van der Waals surface area (Å²) in [4.78, 5) is 4.40. The van der Waals surface area contributed by atoms with Gasteiger partial charge in [0.15, 0.2) is 5.82 Å². The Hall–Kier alpha value is -0.550. The van der Waals surface area contributed by atoms with Crippen molar-refractivity contribution in [1.29, 1.82) is 0 Å². The Balaban J connectivity index is 2.32. The molecule has 0 radical (unpaired) electrons. The van der Waals surface area contributed by atoms with Gasteiger partial charge in [-0.25, -0.2) is 0 Å². The number of nitrogens with zero attached hydrogens (tertiary/aromatic N) is 2. The summed E-state index contributed by atoms with van der Waals surface area (Å²) in [6.07, 6.45) is 3.05. The first-order valence-electron chi connectivity index (χ1n) is 6.26. The second-order valence-electron chi connectivity index (χ2n) is 4.36. The molecule has 4 nitrogen and oxygen atoms in total. The molecule has 0 amide bonds. The molecule has 0 bridgehead atoms. The van der Waals surface area contributed by atoms with E-state index in [0.717, 1.165) is 30.3 Å². The zero-order valence-corrected chi connectivity index (χ0v) is 12.0. The summed E-state index contributed by atoms with van der Waals surface area (Å²) in [7, 11) is 1.96. The van der Waals surface area contributed by atoms with E-state index in [1.54, 1.807) is 0 Å². The van der Waals surface area contributed by atoms with Crippen LogP contribution in [0.25, 0.3) is 0 Å². The fourth-order valence-electron chi connectivity index (χ4n) is 1.27. The van der Waals surface area contributed by atoms with E-state index in [0.29, 0.717) is 11.3 Å². The van der Waals surface area contributed by atoms with E-state index in [1.807, 2.05) is 18.8 Å². The molecule has 1 N–H and O–H groups in total. The minimum Gasteiger partial charge on any atom is -0.339 e. The first-order chi connectivity index (χ1) is 8.15. The van der Waals surface area contributed by atoms with E-state index in [2.05, 4.69) is 36.2 Å². The first kappa shape index (κ1) is 14.5. The Morgan fingerprint density at radius 2 is 2.18 bits per heavy atom. The van der Waals surface area contributed by atoms with Gasteiger partial charge in [-0.1, -0.05) is 19.0 Å². The molecule has 0 saturated heterocycles. The van der Waals surface area contributed by atoms with E-state index in [9.17, 15) is 0 Å². The lowest BCUT2D eigenvalue weighted by molar-refractivity contribution is 0.365. The molecule has 1 rings (SSSR count). The van der Waals surface area contributed by atoms with Crippen LogP contribution >= 0.6 is 11.8 Å². The van der Waals surface area contributed by atoms with Crippen LogP contribution in [0.1, 0.15) is 45.3 Å². The summed E-state index contributed by atoms with van der Waals surface area (Å²) in [5, 5.41) is 7.85. The maximum atomic E-state index is 5.22. The van der Waals surface area contributed by atoms with Gasteiger partial charge < -0.3 is 9.84 Å². The molecule has 98 valence electrons. The van der Waals surface area contributed by atoms with Crippen LogP contribution in [0.2, 0.25) is 0 Å². The minimum absolute atomic E-state index is 0.486. The smallest absolute Gasteiger partial charge is 0.226 e. The van der Waals surface area contributed by atoms with Crippen molar-refractivity contribution in [2.24, 2.45) is 0 Å². The van der Waals surface area contributed by atoms with Crippen LogP contribution in [-0.2, 0) is 12.2 Å². The molecule has 0 aliphatic rings. The summed E-state index contributed by atoms with van der Waals surface area (Å²) < 4.78 is 5.22. The van der Waals surface area contributed by atoms with Crippen molar-refractivity contribution in [3.05, 3.63) is 11.7 Å². The summed E-state index contributed by atoms with van der Waals surface area (Å²) in [6, 6.07) is 0.486. The Morgan fingerprint density at radius 3 is 2.82 bits per heavy atom. The normalized spacial score (nSPS) is 14.8. The fraction of sp³-hybridized carbons (Fsp3) is 0.833. The van der Waals surface area contributed by atoms with Gasteiger partial charge >= 0.3 is 0 Å². The topological polar surface area (TPSA) is 51.0 Å². The predicted octanol–water partition coefficient (Wildman–Crippen LogP) is 2.64. The lowest BCUT2D eigenvalue weighted by Crippen LogP contribution is -2.21. The maximum absolute atomic E-state index is 5.22. The standard InChI is InChI=1S/C12H23N3OS/c1-5-10(3)17-8-11-14-12(16-15-11)7-6-9(2)13-4/h9-10,13H,5-8H2,1-4H3. The minimum atomic E-state index is 0.486. The van der Waals surface area contributed by atoms with Crippen molar-refractivity contribution in [3.8, 4) is 0 Å². The van der Waals surface area contributed by atoms with E-state index >= 15 is 0 Å². The summed E-state index contributed by atoms with van der Waals surface area (Å²) in [6.45, 7) is 6.56. The molecule has 1 aromatic rings. The molecule has 5 heteroatoms. The summed E-state index contributed by atoms with van der Waals surface area (Å²) in [5.41, 5.74) is 0. The lowest BCUT2D eigenvalue weighted by Gasteiger charge is -2.06. The zero-order chi connectivity index (χ0) is 12.7. The van der Waals surface area contributed by atoms with Crippen molar-refractivity contribution in [3.63, 3.8) is 0 Å². The van der Waals surface area contributed by atoms with Gasteiger partial charge in [0.05, 0.1) is 5.75 Å². The predicted molar refractivity (Wildman–Crippen MR) is 72.2 cm³/mol. The third-order valence-corrected chi connectivity index (χ3v) is 4.19. The largest absolute Gasteiger partial charge is 0.339 e. The van der Waals surface area contributed by atoms with Crippen molar-refractivity contribution in [2.75, 3.05) is 7.05 Å². The molecule has 1 heterocycles. The Kier molecular flexibility index (Phi) is 6.58. The van der Waals surface area contributed by atoms with E-state index < -0.39 is 0 Å². The van der Waals surface area contributed by atoms with Crippen molar-refractivity contribution >= 4 is 11.8 Å². The molecular formula is C12H23N3OS. The van der Waals surface area contributed by atoms with Crippen molar-refractivity contribution in [1.82, 2.24) is 15.5 Å². The van der Waals surface area contributed by atoms with Crippen LogP contribution in [-0.4, -0.2) is 28.5 Å². The molecule has 2 atom stereocenters. The lowest BCUT2D eigenvalue weighted by atomic mass is 10.2.